The van der Waals surface area contributed by atoms with E-state index in [0.29, 0.717) is 16.4 Å². The Morgan fingerprint density at radius 1 is 1.17 bits per heavy atom. The highest BCUT2D eigenvalue weighted by Gasteiger charge is 2.17. The third kappa shape index (κ3) is 4.01. The summed E-state index contributed by atoms with van der Waals surface area (Å²) in [7, 11) is 0. The van der Waals surface area contributed by atoms with Crippen LogP contribution in [0.25, 0.3) is 0 Å². The average molecular weight is 346 g/mol. The molecule has 6 nitrogen and oxygen atoms in total. The number of hydrogen-bond acceptors (Lipinski definition) is 5. The summed E-state index contributed by atoms with van der Waals surface area (Å²) >= 11 is 5.90. The molecule has 126 valence electrons. The van der Waals surface area contributed by atoms with E-state index in [1.165, 1.54) is 0 Å². The van der Waals surface area contributed by atoms with Crippen molar-refractivity contribution in [1.29, 1.82) is 0 Å². The Balaban J connectivity index is 1.61. The van der Waals surface area contributed by atoms with Crippen molar-refractivity contribution < 1.29 is 4.79 Å². The summed E-state index contributed by atoms with van der Waals surface area (Å²) in [5.41, 5.74) is 0.490. The van der Waals surface area contributed by atoms with Gasteiger partial charge in [-0.25, -0.2) is 0 Å². The van der Waals surface area contributed by atoms with Crippen LogP contribution in [0.1, 0.15) is 17.3 Å². The fourth-order valence-corrected chi connectivity index (χ4v) is 2.86. The molecular weight excluding hydrogens is 326 g/mol. The molecule has 0 aliphatic carbocycles. The third-order valence-corrected chi connectivity index (χ3v) is 4.36. The van der Waals surface area contributed by atoms with Gasteiger partial charge in [0.25, 0.3) is 5.91 Å². The Morgan fingerprint density at radius 3 is 2.58 bits per heavy atom. The van der Waals surface area contributed by atoms with Crippen molar-refractivity contribution in [3.63, 3.8) is 0 Å². The normalized spacial score (nSPS) is 15.3. The Kier molecular flexibility index (Phi) is 5.27. The van der Waals surface area contributed by atoms with Crippen molar-refractivity contribution in [2.75, 3.05) is 42.9 Å². The summed E-state index contributed by atoms with van der Waals surface area (Å²) in [5.74, 6) is 1.01. The first-order valence-electron chi connectivity index (χ1n) is 8.03. The van der Waals surface area contributed by atoms with E-state index in [9.17, 15) is 4.79 Å². The Hall–Kier alpha value is -2.18. The molecule has 1 aromatic carbocycles. The Morgan fingerprint density at radius 2 is 1.96 bits per heavy atom. The summed E-state index contributed by atoms with van der Waals surface area (Å²) in [6, 6.07) is 10.5. The second-order valence-electron chi connectivity index (χ2n) is 5.66. The van der Waals surface area contributed by atoms with Crippen LogP contribution in [-0.2, 0) is 0 Å². The molecular formula is C17H20ClN5O. The SMILES string of the molecule is CCN1CCN(c2ccc(NC(=O)c3cccc(Cl)c3)nn2)CC1. The zero-order valence-electron chi connectivity index (χ0n) is 13.6. The van der Waals surface area contributed by atoms with Gasteiger partial charge in [0.2, 0.25) is 0 Å². The monoisotopic (exact) mass is 345 g/mol. The number of aromatic nitrogens is 2. The Labute approximate surface area is 146 Å². The van der Waals surface area contributed by atoms with Gasteiger partial charge in [0.05, 0.1) is 0 Å². The van der Waals surface area contributed by atoms with Gasteiger partial charge in [0.15, 0.2) is 11.6 Å². The van der Waals surface area contributed by atoms with E-state index in [1.54, 1.807) is 30.3 Å². The molecule has 1 aromatic heterocycles. The predicted octanol–water partition coefficient (Wildman–Crippen LogP) is 2.52. The van der Waals surface area contributed by atoms with Gasteiger partial charge in [-0.15, -0.1) is 10.2 Å². The van der Waals surface area contributed by atoms with Gasteiger partial charge in [0.1, 0.15) is 0 Å². The summed E-state index contributed by atoms with van der Waals surface area (Å²) in [6.45, 7) is 7.20. The van der Waals surface area contributed by atoms with E-state index in [-0.39, 0.29) is 5.91 Å². The molecule has 0 saturated carbocycles. The van der Waals surface area contributed by atoms with E-state index >= 15 is 0 Å². The molecule has 0 radical (unpaired) electrons. The molecule has 2 heterocycles. The molecule has 7 heteroatoms. The van der Waals surface area contributed by atoms with Crippen LogP contribution in [0.15, 0.2) is 36.4 Å². The summed E-state index contributed by atoms with van der Waals surface area (Å²) in [6.07, 6.45) is 0. The van der Waals surface area contributed by atoms with Crippen molar-refractivity contribution in [2.45, 2.75) is 6.92 Å². The second kappa shape index (κ2) is 7.59. The highest BCUT2D eigenvalue weighted by molar-refractivity contribution is 6.31. The van der Waals surface area contributed by atoms with E-state index in [4.69, 9.17) is 11.6 Å². The number of anilines is 2. The summed E-state index contributed by atoms with van der Waals surface area (Å²) in [5, 5.41) is 11.6. The lowest BCUT2D eigenvalue weighted by atomic mass is 10.2. The topological polar surface area (TPSA) is 61.4 Å². The number of likely N-dealkylation sites (N-methyl/N-ethyl adjacent to an activating group) is 1. The van der Waals surface area contributed by atoms with Crippen molar-refractivity contribution in [1.82, 2.24) is 15.1 Å². The van der Waals surface area contributed by atoms with E-state index < -0.39 is 0 Å². The van der Waals surface area contributed by atoms with Gasteiger partial charge in [0, 0.05) is 36.8 Å². The van der Waals surface area contributed by atoms with Crippen LogP contribution in [0.2, 0.25) is 5.02 Å². The Bertz CT molecular complexity index is 698. The van der Waals surface area contributed by atoms with Crippen molar-refractivity contribution >= 4 is 29.1 Å². The van der Waals surface area contributed by atoms with Gasteiger partial charge in [-0.2, -0.15) is 0 Å². The smallest absolute Gasteiger partial charge is 0.256 e. The van der Waals surface area contributed by atoms with Crippen LogP contribution >= 0.6 is 11.6 Å². The number of amides is 1. The number of nitrogens with zero attached hydrogens (tertiary/aromatic N) is 4. The molecule has 24 heavy (non-hydrogen) atoms. The first-order chi connectivity index (χ1) is 11.7. The number of nitrogens with one attached hydrogen (secondary N) is 1. The zero-order valence-corrected chi connectivity index (χ0v) is 14.3. The number of carbonyl (C=O) groups is 1. The van der Waals surface area contributed by atoms with Gasteiger partial charge in [-0.1, -0.05) is 24.6 Å². The third-order valence-electron chi connectivity index (χ3n) is 4.12. The molecule has 3 rings (SSSR count). The first-order valence-corrected chi connectivity index (χ1v) is 8.41. The summed E-state index contributed by atoms with van der Waals surface area (Å²) in [4.78, 5) is 16.8. The van der Waals surface area contributed by atoms with Gasteiger partial charge in [-0.05, 0) is 36.9 Å². The van der Waals surface area contributed by atoms with Crippen LogP contribution in [0, 0.1) is 0 Å². The molecule has 0 spiro atoms. The molecule has 0 atom stereocenters. The minimum atomic E-state index is -0.254. The number of benzene rings is 1. The van der Waals surface area contributed by atoms with Crippen molar-refractivity contribution in [2.24, 2.45) is 0 Å². The lowest BCUT2D eigenvalue weighted by Crippen LogP contribution is -2.46. The van der Waals surface area contributed by atoms with Crippen LogP contribution in [-0.4, -0.2) is 53.7 Å². The molecule has 1 amide bonds. The fraction of sp³-hybridized carbons (Fsp3) is 0.353. The van der Waals surface area contributed by atoms with Crippen LogP contribution in [0.5, 0.6) is 0 Å². The zero-order chi connectivity index (χ0) is 16.9. The van der Waals surface area contributed by atoms with Crippen LogP contribution < -0.4 is 10.2 Å². The maximum atomic E-state index is 12.2. The van der Waals surface area contributed by atoms with E-state index in [2.05, 4.69) is 32.2 Å². The minimum absolute atomic E-state index is 0.254. The lowest BCUT2D eigenvalue weighted by Gasteiger charge is -2.34. The molecule has 1 N–H and O–H groups in total. The molecule has 1 aliphatic heterocycles. The van der Waals surface area contributed by atoms with Crippen LogP contribution in [0.4, 0.5) is 11.6 Å². The second-order valence-corrected chi connectivity index (χ2v) is 6.10. The highest BCUT2D eigenvalue weighted by atomic mass is 35.5. The van der Waals surface area contributed by atoms with Gasteiger partial charge < -0.3 is 15.1 Å². The average Bonchev–Trinajstić information content (AvgIpc) is 2.62. The largest absolute Gasteiger partial charge is 0.353 e. The molecule has 1 saturated heterocycles. The van der Waals surface area contributed by atoms with E-state index in [1.807, 2.05) is 6.07 Å². The maximum Gasteiger partial charge on any atom is 0.256 e. The fourth-order valence-electron chi connectivity index (χ4n) is 2.67. The lowest BCUT2D eigenvalue weighted by molar-refractivity contribution is 0.102. The molecule has 2 aromatic rings. The van der Waals surface area contributed by atoms with Crippen LogP contribution in [0.3, 0.4) is 0 Å². The van der Waals surface area contributed by atoms with Crippen molar-refractivity contribution in [3.8, 4) is 0 Å². The maximum absolute atomic E-state index is 12.2. The summed E-state index contributed by atoms with van der Waals surface area (Å²) < 4.78 is 0. The molecule has 0 unspecified atom stereocenters. The molecule has 1 fully saturated rings. The van der Waals surface area contributed by atoms with Gasteiger partial charge in [-0.3, -0.25) is 4.79 Å². The molecule has 1 aliphatic rings. The van der Waals surface area contributed by atoms with E-state index in [0.717, 1.165) is 38.5 Å². The standard InChI is InChI=1S/C17H20ClN5O/c1-2-22-8-10-23(11-9-22)16-7-6-15(20-21-16)19-17(24)13-4-3-5-14(18)12-13/h3-7,12H,2,8-11H2,1H3,(H,19,20,24). The molecule has 0 bridgehead atoms. The van der Waals surface area contributed by atoms with Crippen molar-refractivity contribution in [3.05, 3.63) is 47.0 Å². The highest BCUT2D eigenvalue weighted by Crippen LogP contribution is 2.16. The minimum Gasteiger partial charge on any atom is -0.353 e. The first kappa shape index (κ1) is 16.7. The number of halogens is 1. The quantitative estimate of drug-likeness (QED) is 0.922. The number of hydrogen-bond donors (Lipinski definition) is 1. The number of piperazine rings is 1. The number of rotatable bonds is 4. The number of carbonyl (C=O) groups excluding carboxylic acids is 1. The van der Waals surface area contributed by atoms with Gasteiger partial charge >= 0.3 is 0 Å². The predicted molar refractivity (Wildman–Crippen MR) is 95.8 cm³/mol.